The van der Waals surface area contributed by atoms with E-state index >= 15 is 0 Å². The molecule has 8 heteroatoms. The number of anilines is 1. The van der Waals surface area contributed by atoms with Crippen LogP contribution in [0, 0.1) is 23.2 Å². The molecule has 4 atom stereocenters. The zero-order valence-electron chi connectivity index (χ0n) is 24.5. The molecule has 5 N–H and O–H groups in total. The monoisotopic (exact) mass is 562 g/mol. The molecule has 1 amide bonds. The average molecular weight is 563 g/mol. The number of aliphatic hydroxyl groups excluding tert-OH is 2. The van der Waals surface area contributed by atoms with Gasteiger partial charge in [-0.2, -0.15) is 5.06 Å². The van der Waals surface area contributed by atoms with Crippen molar-refractivity contribution in [2.75, 3.05) is 38.2 Å². The van der Waals surface area contributed by atoms with Crippen molar-refractivity contribution in [3.63, 3.8) is 0 Å². The maximum absolute atomic E-state index is 13.5. The summed E-state index contributed by atoms with van der Waals surface area (Å²) in [6.45, 7) is 3.53. The average Bonchev–Trinajstić information content (AvgIpc) is 3.37. The van der Waals surface area contributed by atoms with Crippen LogP contribution in [-0.2, 0) is 16.2 Å². The van der Waals surface area contributed by atoms with Crippen molar-refractivity contribution in [1.82, 2.24) is 10.4 Å². The first kappa shape index (κ1) is 31.0. The van der Waals surface area contributed by atoms with Crippen LogP contribution in [0.15, 0.2) is 54.6 Å². The zero-order valence-corrected chi connectivity index (χ0v) is 24.5. The van der Waals surface area contributed by atoms with E-state index in [-0.39, 0.29) is 17.9 Å². The Bertz CT molecular complexity index is 1170. The quantitative estimate of drug-likeness (QED) is 0.246. The topological polar surface area (TPSA) is 111 Å². The zero-order chi connectivity index (χ0) is 29.2. The normalized spacial score (nSPS) is 22.9. The number of nitrogens with two attached hydrogens (primary N) is 1. The number of amides is 1. The Balaban J connectivity index is 1.42. The Labute approximate surface area is 244 Å². The highest BCUT2D eigenvalue weighted by atomic mass is 16.7. The van der Waals surface area contributed by atoms with Gasteiger partial charge in [0.15, 0.2) is 0 Å². The first-order valence-corrected chi connectivity index (χ1v) is 14.9. The predicted octanol–water partition coefficient (Wildman–Crippen LogP) is 3.06. The second-order valence-electron chi connectivity index (χ2n) is 11.6. The standard InChI is InChI=1S/C33H46N4O4/c1-25(39)30-29(23-38)41-37(31(30)32(40)35-19-10-20-36(2)28-13-5-3-6-14-28)22-27-12-9-11-26(21-27)15-18-33(24-34)16-7-4-8-17-33/h3,5-6,9,11-14,21,25,29-31,38-39H,4,7-8,10,16-17,19-20,22-24,34H2,1-2H3,(H,35,40)/t25-,29-,30+,31-/m0/s1. The van der Waals surface area contributed by atoms with Crippen LogP contribution in [0.2, 0.25) is 0 Å². The minimum atomic E-state index is -0.836. The van der Waals surface area contributed by atoms with Gasteiger partial charge in [-0.05, 0) is 56.0 Å². The van der Waals surface area contributed by atoms with E-state index in [9.17, 15) is 15.0 Å². The molecule has 1 aliphatic heterocycles. The highest BCUT2D eigenvalue weighted by molar-refractivity contribution is 5.82. The number of nitrogens with zero attached hydrogens (tertiary/aromatic N) is 2. The van der Waals surface area contributed by atoms with Gasteiger partial charge in [0.1, 0.15) is 12.1 Å². The highest BCUT2D eigenvalue weighted by Gasteiger charge is 2.49. The molecule has 1 saturated heterocycles. The molecule has 0 radical (unpaired) electrons. The van der Waals surface area contributed by atoms with Gasteiger partial charge in [-0.3, -0.25) is 9.63 Å². The molecule has 1 aliphatic carbocycles. The smallest absolute Gasteiger partial charge is 0.240 e. The van der Waals surface area contributed by atoms with E-state index in [0.717, 1.165) is 42.6 Å². The number of carbonyl (C=O) groups excluding carboxylic acids is 1. The van der Waals surface area contributed by atoms with Crippen molar-refractivity contribution in [1.29, 1.82) is 0 Å². The van der Waals surface area contributed by atoms with Crippen LogP contribution < -0.4 is 16.0 Å². The number of benzene rings is 2. The molecule has 2 aliphatic rings. The number of nitrogens with one attached hydrogen (secondary N) is 1. The van der Waals surface area contributed by atoms with E-state index in [2.05, 4.69) is 34.2 Å². The molecule has 2 fully saturated rings. The molecule has 2 aromatic rings. The van der Waals surface area contributed by atoms with Crippen molar-refractivity contribution in [3.05, 3.63) is 65.7 Å². The van der Waals surface area contributed by atoms with Crippen molar-refractivity contribution >= 4 is 11.6 Å². The van der Waals surface area contributed by atoms with Crippen LogP contribution in [0.5, 0.6) is 0 Å². The number of hydroxylamine groups is 2. The molecule has 222 valence electrons. The molecule has 0 unspecified atom stereocenters. The lowest BCUT2D eigenvalue weighted by atomic mass is 9.74. The molecule has 2 aromatic carbocycles. The second kappa shape index (κ2) is 14.8. The predicted molar refractivity (Wildman–Crippen MR) is 162 cm³/mol. The van der Waals surface area contributed by atoms with Gasteiger partial charge in [-0.25, -0.2) is 0 Å². The molecule has 41 heavy (non-hydrogen) atoms. The van der Waals surface area contributed by atoms with Crippen LogP contribution in [0.1, 0.15) is 56.6 Å². The number of hydrogen-bond donors (Lipinski definition) is 4. The van der Waals surface area contributed by atoms with E-state index in [1.165, 1.54) is 19.3 Å². The summed E-state index contributed by atoms with van der Waals surface area (Å²) < 4.78 is 0. The van der Waals surface area contributed by atoms with Crippen LogP contribution >= 0.6 is 0 Å². The third-order valence-corrected chi connectivity index (χ3v) is 8.49. The van der Waals surface area contributed by atoms with Crippen molar-refractivity contribution in [2.24, 2.45) is 17.1 Å². The minimum Gasteiger partial charge on any atom is -0.394 e. The molecular weight excluding hydrogens is 516 g/mol. The number of para-hydroxylation sites is 1. The third kappa shape index (κ3) is 8.09. The number of aliphatic hydroxyl groups is 2. The van der Waals surface area contributed by atoms with Crippen molar-refractivity contribution in [3.8, 4) is 11.8 Å². The Morgan fingerprint density at radius 1 is 1.20 bits per heavy atom. The highest BCUT2D eigenvalue weighted by Crippen LogP contribution is 2.35. The Morgan fingerprint density at radius 2 is 1.95 bits per heavy atom. The van der Waals surface area contributed by atoms with Crippen LogP contribution in [-0.4, -0.2) is 72.7 Å². The van der Waals surface area contributed by atoms with Gasteiger partial charge < -0.3 is 26.2 Å². The van der Waals surface area contributed by atoms with Gasteiger partial charge >= 0.3 is 0 Å². The Kier molecular flexibility index (Phi) is 11.2. The molecule has 1 heterocycles. The lowest BCUT2D eigenvalue weighted by Gasteiger charge is -2.30. The van der Waals surface area contributed by atoms with Gasteiger partial charge in [0.25, 0.3) is 0 Å². The summed E-state index contributed by atoms with van der Waals surface area (Å²) in [6.07, 6.45) is 4.92. The summed E-state index contributed by atoms with van der Waals surface area (Å²) in [5.41, 5.74) is 8.98. The summed E-state index contributed by atoms with van der Waals surface area (Å²) in [5.74, 6) is 6.06. The fourth-order valence-corrected chi connectivity index (χ4v) is 6.06. The van der Waals surface area contributed by atoms with E-state index in [0.29, 0.717) is 19.6 Å². The maximum Gasteiger partial charge on any atom is 0.240 e. The van der Waals surface area contributed by atoms with Crippen molar-refractivity contribution in [2.45, 2.75) is 70.2 Å². The number of carbonyl (C=O) groups is 1. The molecule has 0 aromatic heterocycles. The van der Waals surface area contributed by atoms with Gasteiger partial charge in [0.2, 0.25) is 5.91 Å². The maximum atomic E-state index is 13.5. The number of hydrogen-bond acceptors (Lipinski definition) is 7. The first-order chi connectivity index (χ1) is 19.9. The van der Waals surface area contributed by atoms with E-state index in [4.69, 9.17) is 10.6 Å². The van der Waals surface area contributed by atoms with Crippen LogP contribution in [0.4, 0.5) is 5.69 Å². The SMILES string of the molecule is C[C@H](O)[C@@H]1[C@H](CO)ON(Cc2cccc(C#CC3(CN)CCCCC3)c2)[C@@H]1C(=O)NCCCN(C)c1ccccc1. The summed E-state index contributed by atoms with van der Waals surface area (Å²) in [7, 11) is 2.03. The molecular formula is C33H46N4O4. The van der Waals surface area contributed by atoms with Gasteiger partial charge in [0, 0.05) is 49.3 Å². The van der Waals surface area contributed by atoms with E-state index < -0.39 is 24.2 Å². The summed E-state index contributed by atoms with van der Waals surface area (Å²) in [6, 6.07) is 17.3. The van der Waals surface area contributed by atoms with Gasteiger partial charge in [-0.15, -0.1) is 0 Å². The summed E-state index contributed by atoms with van der Waals surface area (Å²) in [4.78, 5) is 21.7. The molecule has 8 nitrogen and oxygen atoms in total. The summed E-state index contributed by atoms with van der Waals surface area (Å²) >= 11 is 0. The lowest BCUT2D eigenvalue weighted by molar-refractivity contribution is -0.181. The van der Waals surface area contributed by atoms with Gasteiger partial charge in [-0.1, -0.05) is 61.4 Å². The summed E-state index contributed by atoms with van der Waals surface area (Å²) in [5, 5.41) is 25.2. The van der Waals surface area contributed by atoms with E-state index in [1.807, 2.05) is 49.5 Å². The van der Waals surface area contributed by atoms with Crippen LogP contribution in [0.25, 0.3) is 0 Å². The van der Waals surface area contributed by atoms with Crippen molar-refractivity contribution < 1.29 is 19.8 Å². The fraction of sp³-hybridized carbons (Fsp3) is 0.545. The molecule has 4 rings (SSSR count). The third-order valence-electron chi connectivity index (χ3n) is 8.49. The second-order valence-corrected chi connectivity index (χ2v) is 11.6. The number of rotatable bonds is 11. The van der Waals surface area contributed by atoms with Crippen LogP contribution in [0.3, 0.4) is 0 Å². The largest absolute Gasteiger partial charge is 0.394 e. The van der Waals surface area contributed by atoms with E-state index in [1.54, 1.807) is 12.0 Å². The fourth-order valence-electron chi connectivity index (χ4n) is 6.06. The minimum absolute atomic E-state index is 0.107. The lowest BCUT2D eigenvalue weighted by Crippen LogP contribution is -2.49. The Morgan fingerprint density at radius 3 is 2.63 bits per heavy atom. The van der Waals surface area contributed by atoms with Gasteiger partial charge in [0.05, 0.1) is 19.3 Å². The molecule has 0 bridgehead atoms. The molecule has 0 spiro atoms. The first-order valence-electron chi connectivity index (χ1n) is 14.9. The molecule has 1 saturated carbocycles. The Hall–Kier alpha value is -2.93.